The van der Waals surface area contributed by atoms with Crippen LogP contribution in [0, 0.1) is 18.8 Å². The van der Waals surface area contributed by atoms with Crippen molar-refractivity contribution >= 4 is 34.2 Å². The van der Waals surface area contributed by atoms with E-state index in [1.807, 2.05) is 49.4 Å². The van der Waals surface area contributed by atoms with E-state index in [1.165, 1.54) is 0 Å². The number of hydrogen-bond donors (Lipinski definition) is 2. The van der Waals surface area contributed by atoms with Crippen LogP contribution in [0.5, 0.6) is 0 Å². The minimum Gasteiger partial charge on any atom is -0.452 e. The first-order chi connectivity index (χ1) is 21.3. The Hall–Kier alpha value is -5.76. The molecule has 220 valence electrons. The lowest BCUT2D eigenvalue weighted by Gasteiger charge is -2.21. The minimum atomic E-state index is -0.797. The summed E-state index contributed by atoms with van der Waals surface area (Å²) in [5.74, 6) is 4.77. The first-order valence-electron chi connectivity index (χ1n) is 14.1. The Kier molecular flexibility index (Phi) is 7.64. The van der Waals surface area contributed by atoms with Crippen LogP contribution in [-0.2, 0) is 14.3 Å². The van der Waals surface area contributed by atoms with Gasteiger partial charge >= 0.3 is 5.97 Å². The van der Waals surface area contributed by atoms with Crippen LogP contribution in [0.15, 0.2) is 77.9 Å². The van der Waals surface area contributed by atoms with Gasteiger partial charge in [-0.15, -0.1) is 0 Å². The maximum Gasteiger partial charge on any atom is 0.306 e. The molecular weight excluding hydrogens is 560 g/mol. The molecule has 0 aliphatic carbocycles. The van der Waals surface area contributed by atoms with Crippen molar-refractivity contribution in [1.82, 2.24) is 29.8 Å². The number of benzene rings is 2. The summed E-state index contributed by atoms with van der Waals surface area (Å²) in [6, 6.07) is 17.6. The molecule has 0 spiro atoms. The van der Waals surface area contributed by atoms with Gasteiger partial charge in [-0.2, -0.15) is 5.10 Å². The molecule has 2 amide bonds. The molecule has 1 saturated heterocycles. The number of cyclic esters (lactones) is 1. The Morgan fingerprint density at radius 3 is 2.70 bits per heavy atom. The fourth-order valence-electron chi connectivity index (χ4n) is 5.35. The molecule has 0 saturated carbocycles. The summed E-state index contributed by atoms with van der Waals surface area (Å²) in [5, 5.41) is 11.1. The van der Waals surface area contributed by atoms with Crippen molar-refractivity contribution in [2.45, 2.75) is 38.8 Å². The number of aromatic nitrogens is 4. The number of esters is 1. The molecule has 3 aromatic heterocycles. The molecule has 2 aromatic carbocycles. The predicted molar refractivity (Wildman–Crippen MR) is 162 cm³/mol. The van der Waals surface area contributed by atoms with Crippen LogP contribution < -0.4 is 16.2 Å². The molecule has 11 nitrogen and oxygen atoms in total. The highest BCUT2D eigenvalue weighted by atomic mass is 16.6. The molecule has 1 aliphatic rings. The molecule has 6 rings (SSSR count). The highest BCUT2D eigenvalue weighted by Crippen LogP contribution is 2.24. The van der Waals surface area contributed by atoms with Crippen LogP contribution in [0.4, 0.5) is 0 Å². The summed E-state index contributed by atoms with van der Waals surface area (Å²) in [6.07, 6.45) is 3.10. The number of carbonyl (C=O) groups excluding carboxylic acids is 3. The largest absolute Gasteiger partial charge is 0.452 e. The average Bonchev–Trinajstić information content (AvgIpc) is 3.61. The number of amides is 2. The van der Waals surface area contributed by atoms with E-state index in [0.29, 0.717) is 51.0 Å². The van der Waals surface area contributed by atoms with Crippen LogP contribution in [0.3, 0.4) is 0 Å². The van der Waals surface area contributed by atoms with Gasteiger partial charge in [-0.3, -0.25) is 23.7 Å². The molecule has 4 heterocycles. The molecule has 0 radical (unpaired) electrons. The van der Waals surface area contributed by atoms with Gasteiger partial charge in [0.1, 0.15) is 5.56 Å². The molecule has 2 N–H and O–H groups in total. The maximum atomic E-state index is 14.2. The van der Waals surface area contributed by atoms with Gasteiger partial charge in [0.25, 0.3) is 17.4 Å². The zero-order valence-electron chi connectivity index (χ0n) is 24.0. The molecule has 2 atom stereocenters. The fourth-order valence-corrected chi connectivity index (χ4v) is 5.35. The second-order valence-corrected chi connectivity index (χ2v) is 10.4. The third kappa shape index (κ3) is 5.41. The monoisotopic (exact) mass is 588 g/mol. The first kappa shape index (κ1) is 28.4. The molecule has 1 fully saturated rings. The predicted octanol–water partition coefficient (Wildman–Crippen LogP) is 3.01. The number of para-hydroxylation sites is 1. The highest BCUT2D eigenvalue weighted by molar-refractivity contribution is 6.01. The van der Waals surface area contributed by atoms with Crippen molar-refractivity contribution in [3.63, 3.8) is 0 Å². The van der Waals surface area contributed by atoms with Gasteiger partial charge in [-0.05, 0) is 49.6 Å². The van der Waals surface area contributed by atoms with Crippen LogP contribution in [-0.4, -0.2) is 49.6 Å². The van der Waals surface area contributed by atoms with E-state index in [2.05, 4.69) is 32.6 Å². The van der Waals surface area contributed by atoms with Gasteiger partial charge in [0.2, 0.25) is 0 Å². The van der Waals surface area contributed by atoms with Crippen LogP contribution in [0.25, 0.3) is 22.1 Å². The molecule has 44 heavy (non-hydrogen) atoms. The van der Waals surface area contributed by atoms with Crippen LogP contribution in [0.1, 0.15) is 53.1 Å². The van der Waals surface area contributed by atoms with E-state index in [1.54, 1.807) is 46.6 Å². The summed E-state index contributed by atoms with van der Waals surface area (Å²) >= 11 is 0. The number of rotatable bonds is 6. The topological polar surface area (TPSA) is 137 Å². The van der Waals surface area contributed by atoms with Crippen LogP contribution >= 0.6 is 0 Å². The summed E-state index contributed by atoms with van der Waals surface area (Å²) in [5.41, 5.74) is 2.74. The SMILES string of the molecule is Cc1nn2cccnc2c1C(=O)N[C@@H](C)c1cc2cccc(C#CCNC(=O)[C@@H]3CCC(=O)O3)c2c(=O)n1-c1ccccc1. The zero-order chi connectivity index (χ0) is 30.8. The number of pyridine rings is 1. The molecular formula is C33H28N6O5. The lowest BCUT2D eigenvalue weighted by molar-refractivity contribution is -0.148. The summed E-state index contributed by atoms with van der Waals surface area (Å²) in [7, 11) is 0. The van der Waals surface area contributed by atoms with Gasteiger partial charge in [0, 0.05) is 42.2 Å². The van der Waals surface area contributed by atoms with Crippen molar-refractivity contribution in [2.75, 3.05) is 6.54 Å². The minimum absolute atomic E-state index is 0.0229. The third-order valence-electron chi connectivity index (χ3n) is 7.43. The zero-order valence-corrected chi connectivity index (χ0v) is 24.0. The summed E-state index contributed by atoms with van der Waals surface area (Å²) in [4.78, 5) is 55.6. The van der Waals surface area contributed by atoms with Crippen molar-refractivity contribution < 1.29 is 19.1 Å². The smallest absolute Gasteiger partial charge is 0.306 e. The molecule has 5 aromatic rings. The van der Waals surface area contributed by atoms with Crippen molar-refractivity contribution in [3.8, 4) is 17.5 Å². The molecule has 0 unspecified atom stereocenters. The Labute approximate surface area is 251 Å². The number of carbonyl (C=O) groups is 3. The Morgan fingerprint density at radius 1 is 1.11 bits per heavy atom. The Morgan fingerprint density at radius 2 is 1.93 bits per heavy atom. The standard InChI is InChI=1S/C33H28N6O5/c1-20(36-32(42)28-21(2)37-38-18-8-17-34-30(28)38)25-19-23-10-6-9-22(11-7-16-35-31(41)26-14-15-27(40)44-26)29(23)33(43)39(25)24-12-4-3-5-13-24/h3-6,8-10,12-13,17-20,26H,14-16H2,1-2H3,(H,35,41)(H,36,42)/t20-,26-/m0/s1. The normalized spacial score (nSPS) is 15.0. The maximum absolute atomic E-state index is 14.2. The van der Waals surface area contributed by atoms with Gasteiger partial charge < -0.3 is 15.4 Å². The van der Waals surface area contributed by atoms with Gasteiger partial charge in [-0.25, -0.2) is 9.50 Å². The van der Waals surface area contributed by atoms with Crippen molar-refractivity contribution in [3.05, 3.63) is 106 Å². The van der Waals surface area contributed by atoms with Gasteiger partial charge in [-0.1, -0.05) is 42.2 Å². The van der Waals surface area contributed by atoms with E-state index in [9.17, 15) is 19.2 Å². The number of aryl methyl sites for hydroxylation is 1. The van der Waals surface area contributed by atoms with Gasteiger partial charge in [0.05, 0.1) is 23.7 Å². The van der Waals surface area contributed by atoms with E-state index in [-0.39, 0.29) is 24.4 Å². The summed E-state index contributed by atoms with van der Waals surface area (Å²) < 4.78 is 8.13. The Bertz CT molecular complexity index is 2050. The van der Waals surface area contributed by atoms with E-state index in [0.717, 1.165) is 0 Å². The fraction of sp³-hybridized carbons (Fsp3) is 0.212. The van der Waals surface area contributed by atoms with E-state index in [4.69, 9.17) is 4.74 Å². The lowest BCUT2D eigenvalue weighted by Crippen LogP contribution is -2.34. The highest BCUT2D eigenvalue weighted by Gasteiger charge is 2.29. The second-order valence-electron chi connectivity index (χ2n) is 10.4. The number of nitrogens with zero attached hydrogens (tertiary/aromatic N) is 4. The number of hydrogen-bond acceptors (Lipinski definition) is 7. The van der Waals surface area contributed by atoms with E-state index >= 15 is 0 Å². The quantitative estimate of drug-likeness (QED) is 0.230. The average molecular weight is 589 g/mol. The van der Waals surface area contributed by atoms with Gasteiger partial charge in [0.15, 0.2) is 11.8 Å². The first-order valence-corrected chi connectivity index (χ1v) is 14.1. The molecule has 0 bridgehead atoms. The Balaban J connectivity index is 1.35. The number of ether oxygens (including phenoxy) is 1. The van der Waals surface area contributed by atoms with Crippen molar-refractivity contribution in [2.24, 2.45) is 0 Å². The third-order valence-corrected chi connectivity index (χ3v) is 7.43. The van der Waals surface area contributed by atoms with Crippen LogP contribution in [0.2, 0.25) is 0 Å². The van der Waals surface area contributed by atoms with Crippen molar-refractivity contribution in [1.29, 1.82) is 0 Å². The molecule has 11 heteroatoms. The second kappa shape index (κ2) is 11.9. The van der Waals surface area contributed by atoms with E-state index < -0.39 is 24.0 Å². The lowest BCUT2D eigenvalue weighted by atomic mass is 10.0. The summed E-state index contributed by atoms with van der Waals surface area (Å²) in [6.45, 7) is 3.59. The number of fused-ring (bicyclic) bond motifs is 2. The molecule has 1 aliphatic heterocycles. The number of nitrogens with one attached hydrogen (secondary N) is 2.